The van der Waals surface area contributed by atoms with Gasteiger partial charge in [0.15, 0.2) is 5.11 Å². The average molecular weight is 231 g/mol. The van der Waals surface area contributed by atoms with Crippen LogP contribution in [0, 0.1) is 0 Å². The van der Waals surface area contributed by atoms with Crippen LogP contribution in [0.4, 0.5) is 0 Å². The lowest BCUT2D eigenvalue weighted by Crippen LogP contribution is -2.50. The molecule has 0 radical (unpaired) electrons. The summed E-state index contributed by atoms with van der Waals surface area (Å²) in [5, 5.41) is 4.28. The Balaban J connectivity index is 0.00000225. The smallest absolute Gasteiger partial charge is 0.169 e. The molecule has 90 valence electrons. The Morgan fingerprint density at radius 3 is 2.53 bits per heavy atom. The van der Waals surface area contributed by atoms with Crippen molar-refractivity contribution in [1.82, 2.24) is 15.1 Å². The van der Waals surface area contributed by atoms with Gasteiger partial charge in [-0.05, 0) is 25.7 Å². The Morgan fingerprint density at radius 1 is 1.27 bits per heavy atom. The average Bonchev–Trinajstić information content (AvgIpc) is 2.25. The van der Waals surface area contributed by atoms with E-state index in [1.807, 2.05) is 0 Å². The molecule has 15 heavy (non-hydrogen) atoms. The molecule has 0 aromatic heterocycles. The van der Waals surface area contributed by atoms with E-state index in [2.05, 4.69) is 29.1 Å². The van der Waals surface area contributed by atoms with E-state index < -0.39 is 0 Å². The molecular weight excluding hydrogens is 206 g/mol. The van der Waals surface area contributed by atoms with Gasteiger partial charge in [0.05, 0.1) is 0 Å². The fourth-order valence-electron chi connectivity index (χ4n) is 1.69. The Kier molecular flexibility index (Phi) is 5.95. The summed E-state index contributed by atoms with van der Waals surface area (Å²) < 4.78 is 0. The lowest BCUT2D eigenvalue weighted by molar-refractivity contribution is 0.214. The third-order valence-corrected chi connectivity index (χ3v) is 3.25. The first-order valence-corrected chi connectivity index (χ1v) is 6.36. The molecule has 0 saturated carbocycles. The minimum atomic E-state index is 0. The van der Waals surface area contributed by atoms with Crippen molar-refractivity contribution in [1.29, 1.82) is 0 Å². The fourth-order valence-corrected chi connectivity index (χ4v) is 1.98. The zero-order valence-corrected chi connectivity index (χ0v) is 10.8. The van der Waals surface area contributed by atoms with E-state index in [0.29, 0.717) is 0 Å². The predicted molar refractivity (Wildman–Crippen MR) is 71.3 cm³/mol. The van der Waals surface area contributed by atoms with Gasteiger partial charge in [-0.1, -0.05) is 19.8 Å². The highest BCUT2D eigenvalue weighted by atomic mass is 32.1. The van der Waals surface area contributed by atoms with Crippen LogP contribution in [0.1, 0.15) is 27.6 Å². The van der Waals surface area contributed by atoms with Crippen LogP contribution < -0.4 is 5.32 Å². The number of thiocarbonyl (C=S) groups is 1. The maximum atomic E-state index is 5.36. The molecule has 1 heterocycles. The number of unbranched alkanes of at least 4 members (excludes halogenated alkanes) is 2. The monoisotopic (exact) mass is 231 g/mol. The second-order valence-electron chi connectivity index (χ2n) is 4.23. The molecule has 3 nitrogen and oxygen atoms in total. The predicted octanol–water partition coefficient (Wildman–Crippen LogP) is 1.54. The third kappa shape index (κ3) is 4.80. The molecule has 1 rings (SSSR count). The molecule has 0 aliphatic carbocycles. The van der Waals surface area contributed by atoms with Crippen molar-refractivity contribution in [3.8, 4) is 0 Å². The summed E-state index contributed by atoms with van der Waals surface area (Å²) >= 11 is 5.36. The summed E-state index contributed by atoms with van der Waals surface area (Å²) in [6.45, 7) is 7.62. The molecule has 1 aliphatic rings. The lowest BCUT2D eigenvalue weighted by atomic mass is 10.2. The van der Waals surface area contributed by atoms with E-state index in [-0.39, 0.29) is 1.43 Å². The number of nitrogens with one attached hydrogen (secondary N) is 1. The van der Waals surface area contributed by atoms with Crippen LogP contribution >= 0.6 is 12.2 Å². The molecule has 1 N–H and O–H groups in total. The highest BCUT2D eigenvalue weighted by molar-refractivity contribution is 7.80. The van der Waals surface area contributed by atoms with Gasteiger partial charge in [0.1, 0.15) is 0 Å². The van der Waals surface area contributed by atoms with Crippen LogP contribution in [0.3, 0.4) is 0 Å². The van der Waals surface area contributed by atoms with Gasteiger partial charge in [0.25, 0.3) is 0 Å². The molecule has 0 atom stereocenters. The number of hydrogen-bond acceptors (Lipinski definition) is 2. The van der Waals surface area contributed by atoms with Crippen LogP contribution in [0.15, 0.2) is 0 Å². The number of piperazine rings is 1. The molecule has 0 aromatic carbocycles. The standard InChI is InChI=1S/C11H23N3S.H2/c1-3-4-5-6-12-11(15)14-9-7-13(2)8-10-14;/h3-10H2,1-2H3,(H,12,15);1H. The molecule has 4 heteroatoms. The van der Waals surface area contributed by atoms with Gasteiger partial charge in [-0.2, -0.15) is 0 Å². The Bertz CT molecular complexity index is 194. The molecule has 1 saturated heterocycles. The van der Waals surface area contributed by atoms with Crippen molar-refractivity contribution in [2.75, 3.05) is 39.8 Å². The van der Waals surface area contributed by atoms with Gasteiger partial charge in [-0.15, -0.1) is 0 Å². The fraction of sp³-hybridized carbons (Fsp3) is 0.909. The Labute approximate surface area is 100 Å². The minimum Gasteiger partial charge on any atom is -0.363 e. The first-order chi connectivity index (χ1) is 7.24. The van der Waals surface area contributed by atoms with Crippen molar-refractivity contribution in [3.63, 3.8) is 0 Å². The topological polar surface area (TPSA) is 18.5 Å². The number of rotatable bonds is 4. The van der Waals surface area contributed by atoms with Crippen LogP contribution in [-0.2, 0) is 0 Å². The molecule has 0 unspecified atom stereocenters. The molecule has 0 aromatic rings. The SMILES string of the molecule is CCCCCNC(=S)N1CCN(C)CC1.[HH]. The summed E-state index contributed by atoms with van der Waals surface area (Å²) in [6.07, 6.45) is 3.78. The van der Waals surface area contributed by atoms with Crippen molar-refractivity contribution in [2.24, 2.45) is 0 Å². The molecule has 0 spiro atoms. The quantitative estimate of drug-likeness (QED) is 0.584. The Morgan fingerprint density at radius 2 is 1.93 bits per heavy atom. The highest BCUT2D eigenvalue weighted by Crippen LogP contribution is 2.00. The second-order valence-corrected chi connectivity index (χ2v) is 4.62. The third-order valence-electron chi connectivity index (χ3n) is 2.85. The lowest BCUT2D eigenvalue weighted by Gasteiger charge is -2.34. The van der Waals surface area contributed by atoms with E-state index in [0.717, 1.165) is 37.8 Å². The van der Waals surface area contributed by atoms with Crippen LogP contribution in [0.2, 0.25) is 0 Å². The van der Waals surface area contributed by atoms with Gasteiger partial charge in [-0.3, -0.25) is 0 Å². The minimum absolute atomic E-state index is 0. The zero-order chi connectivity index (χ0) is 11.1. The van der Waals surface area contributed by atoms with E-state index >= 15 is 0 Å². The molecular formula is C11H25N3S. The number of nitrogens with zero attached hydrogens (tertiary/aromatic N) is 2. The number of likely N-dealkylation sites (N-methyl/N-ethyl adjacent to an activating group) is 1. The highest BCUT2D eigenvalue weighted by Gasteiger charge is 2.15. The summed E-state index contributed by atoms with van der Waals surface area (Å²) in [7, 11) is 2.16. The largest absolute Gasteiger partial charge is 0.363 e. The van der Waals surface area contributed by atoms with Crippen LogP contribution in [-0.4, -0.2) is 54.7 Å². The van der Waals surface area contributed by atoms with Gasteiger partial charge >= 0.3 is 0 Å². The van der Waals surface area contributed by atoms with Crippen molar-refractivity contribution in [2.45, 2.75) is 26.2 Å². The van der Waals surface area contributed by atoms with Crippen molar-refractivity contribution < 1.29 is 1.43 Å². The maximum absolute atomic E-state index is 5.36. The molecule has 1 aliphatic heterocycles. The van der Waals surface area contributed by atoms with Gasteiger partial charge < -0.3 is 15.1 Å². The first kappa shape index (κ1) is 12.7. The summed E-state index contributed by atoms with van der Waals surface area (Å²) in [5.74, 6) is 0. The normalized spacial score (nSPS) is 17.9. The van der Waals surface area contributed by atoms with E-state index in [1.165, 1.54) is 19.3 Å². The van der Waals surface area contributed by atoms with Crippen molar-refractivity contribution >= 4 is 17.3 Å². The van der Waals surface area contributed by atoms with Crippen molar-refractivity contribution in [3.05, 3.63) is 0 Å². The summed E-state index contributed by atoms with van der Waals surface area (Å²) in [5.41, 5.74) is 0. The van der Waals surface area contributed by atoms with Gasteiger partial charge in [0.2, 0.25) is 0 Å². The maximum Gasteiger partial charge on any atom is 0.169 e. The molecule has 1 fully saturated rings. The van der Waals surface area contributed by atoms with Gasteiger partial charge in [-0.25, -0.2) is 0 Å². The summed E-state index contributed by atoms with van der Waals surface area (Å²) in [4.78, 5) is 4.62. The van der Waals surface area contributed by atoms with Crippen LogP contribution in [0.25, 0.3) is 0 Å². The Hall–Kier alpha value is -0.350. The first-order valence-electron chi connectivity index (χ1n) is 5.95. The van der Waals surface area contributed by atoms with E-state index in [9.17, 15) is 0 Å². The van der Waals surface area contributed by atoms with Crippen LogP contribution in [0.5, 0.6) is 0 Å². The molecule has 0 amide bonds. The zero-order valence-electron chi connectivity index (χ0n) is 9.96. The van der Waals surface area contributed by atoms with Gasteiger partial charge in [0, 0.05) is 34.2 Å². The number of hydrogen-bond donors (Lipinski definition) is 1. The molecule has 0 bridgehead atoms. The van der Waals surface area contributed by atoms with E-state index in [4.69, 9.17) is 12.2 Å². The van der Waals surface area contributed by atoms with E-state index in [1.54, 1.807) is 0 Å². The second kappa shape index (κ2) is 7.01. The summed E-state index contributed by atoms with van der Waals surface area (Å²) in [6, 6.07) is 0.